The molecule has 3 aromatic heterocycles. The quantitative estimate of drug-likeness (QED) is 0.501. The molecule has 8 nitrogen and oxygen atoms in total. The van der Waals surface area contributed by atoms with Crippen molar-refractivity contribution in [1.82, 2.24) is 29.0 Å². The first kappa shape index (κ1) is 20.8. The average Bonchev–Trinajstić information content (AvgIpc) is 3.40. The summed E-state index contributed by atoms with van der Waals surface area (Å²) in [6.45, 7) is 7.50. The molecule has 1 aliphatic rings. The van der Waals surface area contributed by atoms with Crippen molar-refractivity contribution in [2.24, 2.45) is 0 Å². The summed E-state index contributed by atoms with van der Waals surface area (Å²) in [6.07, 6.45) is 7.64. The van der Waals surface area contributed by atoms with Gasteiger partial charge in [0.05, 0.1) is 24.2 Å². The molecule has 0 radical (unpaired) electrons. The molecule has 1 aromatic carbocycles. The number of nitrogens with one attached hydrogen (secondary N) is 1. The lowest BCUT2D eigenvalue weighted by molar-refractivity contribution is 0.178. The van der Waals surface area contributed by atoms with E-state index < -0.39 is 0 Å². The van der Waals surface area contributed by atoms with Crippen molar-refractivity contribution < 1.29 is 4.74 Å². The van der Waals surface area contributed by atoms with Crippen LogP contribution in [0.4, 0.5) is 0 Å². The molecule has 0 aliphatic carbocycles. The second kappa shape index (κ2) is 8.43. The molecule has 4 heterocycles. The molecule has 0 bridgehead atoms. The van der Waals surface area contributed by atoms with Gasteiger partial charge < -0.3 is 14.6 Å². The van der Waals surface area contributed by atoms with Gasteiger partial charge in [-0.1, -0.05) is 13.8 Å². The number of benzene rings is 1. The zero-order valence-corrected chi connectivity index (χ0v) is 19.0. The molecule has 0 spiro atoms. The van der Waals surface area contributed by atoms with E-state index in [2.05, 4.69) is 45.9 Å². The van der Waals surface area contributed by atoms with Crippen LogP contribution < -0.4 is 10.4 Å². The Bertz CT molecular complexity index is 1320. The van der Waals surface area contributed by atoms with Gasteiger partial charge in [-0.15, -0.1) is 0 Å². The van der Waals surface area contributed by atoms with Gasteiger partial charge in [0.15, 0.2) is 11.4 Å². The Morgan fingerprint density at radius 3 is 2.91 bits per heavy atom. The summed E-state index contributed by atoms with van der Waals surface area (Å²) in [7, 11) is 1.64. The number of hydrogen-bond acceptors (Lipinski definition) is 5. The van der Waals surface area contributed by atoms with Gasteiger partial charge in [-0.3, -0.25) is 4.57 Å². The highest BCUT2D eigenvalue weighted by atomic mass is 16.5. The number of hydrogen-bond donors (Lipinski definition) is 1. The molecule has 1 aliphatic heterocycles. The number of nitrogens with zero attached hydrogens (tertiary/aromatic N) is 5. The van der Waals surface area contributed by atoms with Crippen molar-refractivity contribution in [2.45, 2.75) is 45.6 Å². The van der Waals surface area contributed by atoms with Crippen molar-refractivity contribution in [1.29, 1.82) is 0 Å². The normalized spacial score (nSPS) is 17.4. The lowest BCUT2D eigenvalue weighted by Gasteiger charge is -2.33. The van der Waals surface area contributed by atoms with Gasteiger partial charge in [0.25, 0.3) is 0 Å². The van der Waals surface area contributed by atoms with Crippen molar-refractivity contribution in [3.8, 4) is 16.9 Å². The Hall–Kier alpha value is -3.13. The van der Waals surface area contributed by atoms with E-state index in [-0.39, 0.29) is 11.7 Å². The Balaban J connectivity index is 1.62. The van der Waals surface area contributed by atoms with E-state index in [0.717, 1.165) is 67.5 Å². The van der Waals surface area contributed by atoms with Gasteiger partial charge in [-0.25, -0.2) is 14.3 Å². The fourth-order valence-corrected chi connectivity index (χ4v) is 5.09. The maximum Gasteiger partial charge on any atom is 0.326 e. The Morgan fingerprint density at radius 2 is 2.12 bits per heavy atom. The van der Waals surface area contributed by atoms with E-state index in [4.69, 9.17) is 4.74 Å². The van der Waals surface area contributed by atoms with Crippen LogP contribution >= 0.6 is 0 Å². The number of piperidine rings is 1. The van der Waals surface area contributed by atoms with Crippen molar-refractivity contribution in [3.63, 3.8) is 0 Å². The van der Waals surface area contributed by atoms with Crippen LogP contribution in [0, 0.1) is 0 Å². The summed E-state index contributed by atoms with van der Waals surface area (Å²) in [5.41, 5.74) is 5.77. The van der Waals surface area contributed by atoms with Crippen LogP contribution in [-0.2, 0) is 6.42 Å². The van der Waals surface area contributed by atoms with Crippen LogP contribution in [0.1, 0.15) is 44.7 Å². The van der Waals surface area contributed by atoms with Gasteiger partial charge in [-0.2, -0.15) is 5.10 Å². The summed E-state index contributed by atoms with van der Waals surface area (Å²) < 4.78 is 9.27. The molecule has 32 heavy (non-hydrogen) atoms. The van der Waals surface area contributed by atoms with Crippen LogP contribution in [0.3, 0.4) is 0 Å². The van der Waals surface area contributed by atoms with E-state index >= 15 is 0 Å². The largest absolute Gasteiger partial charge is 0.493 e. The molecule has 5 rings (SSSR count). The molecule has 0 amide bonds. The third kappa shape index (κ3) is 3.48. The Morgan fingerprint density at radius 1 is 1.25 bits per heavy atom. The molecular weight excluding hydrogens is 404 g/mol. The second-order valence-corrected chi connectivity index (χ2v) is 8.60. The predicted octanol–water partition coefficient (Wildman–Crippen LogP) is 3.66. The molecule has 8 heteroatoms. The van der Waals surface area contributed by atoms with Crippen molar-refractivity contribution in [2.75, 3.05) is 26.7 Å². The topological polar surface area (TPSA) is 80.5 Å². The molecule has 1 atom stereocenters. The van der Waals surface area contributed by atoms with E-state index in [1.807, 2.05) is 16.8 Å². The molecule has 168 valence electrons. The minimum absolute atomic E-state index is 0.0214. The number of aryl methyl sites for hydroxylation is 1. The highest BCUT2D eigenvalue weighted by molar-refractivity contribution is 5.85. The van der Waals surface area contributed by atoms with Crippen LogP contribution in [0.5, 0.6) is 5.75 Å². The summed E-state index contributed by atoms with van der Waals surface area (Å²) in [5, 5.41) is 4.29. The number of imidazole rings is 1. The number of aromatic amines is 1. The van der Waals surface area contributed by atoms with Crippen LogP contribution in [0.25, 0.3) is 27.8 Å². The number of rotatable bonds is 6. The fraction of sp³-hybridized carbons (Fsp3) is 0.458. The SMILES string of the molecule is CCCN1CCCC(n2c(=O)[nH]c3cc(-c4cc(OC)c5ncnn5c4)c(CC)cc32)C1. The highest BCUT2D eigenvalue weighted by Gasteiger charge is 2.24. The van der Waals surface area contributed by atoms with E-state index in [1.54, 1.807) is 11.6 Å². The zero-order chi connectivity index (χ0) is 22.2. The molecule has 0 saturated carbocycles. The smallest absolute Gasteiger partial charge is 0.326 e. The summed E-state index contributed by atoms with van der Waals surface area (Å²) >= 11 is 0. The third-order valence-corrected chi connectivity index (χ3v) is 6.58. The van der Waals surface area contributed by atoms with Crippen LogP contribution in [-0.4, -0.2) is 55.8 Å². The molecule has 1 saturated heterocycles. The number of pyridine rings is 1. The molecule has 1 unspecified atom stereocenters. The van der Waals surface area contributed by atoms with Gasteiger partial charge in [0, 0.05) is 18.3 Å². The van der Waals surface area contributed by atoms with Gasteiger partial charge in [-0.05, 0) is 68.1 Å². The fourth-order valence-electron chi connectivity index (χ4n) is 5.09. The minimum Gasteiger partial charge on any atom is -0.493 e. The summed E-state index contributed by atoms with van der Waals surface area (Å²) in [4.78, 5) is 22.9. The van der Waals surface area contributed by atoms with Crippen LogP contribution in [0.2, 0.25) is 0 Å². The number of likely N-dealkylation sites (tertiary alicyclic amines) is 1. The molecule has 1 fully saturated rings. The summed E-state index contributed by atoms with van der Waals surface area (Å²) in [6, 6.07) is 6.47. The highest BCUT2D eigenvalue weighted by Crippen LogP contribution is 2.33. The molecular formula is C24H30N6O2. The number of fused-ring (bicyclic) bond motifs is 2. The lowest BCUT2D eigenvalue weighted by atomic mass is 9.97. The lowest BCUT2D eigenvalue weighted by Crippen LogP contribution is -2.39. The maximum atomic E-state index is 13.0. The zero-order valence-electron chi connectivity index (χ0n) is 19.0. The van der Waals surface area contributed by atoms with Gasteiger partial charge in [0.2, 0.25) is 0 Å². The first-order valence-electron chi connectivity index (χ1n) is 11.5. The first-order chi connectivity index (χ1) is 15.6. The predicted molar refractivity (Wildman–Crippen MR) is 125 cm³/mol. The second-order valence-electron chi connectivity index (χ2n) is 8.60. The minimum atomic E-state index is -0.0214. The number of ether oxygens (including phenoxy) is 1. The van der Waals surface area contributed by atoms with Crippen molar-refractivity contribution >= 4 is 16.7 Å². The number of aromatic nitrogens is 5. The number of H-pyrrole nitrogens is 1. The molecule has 1 N–H and O–H groups in total. The Kier molecular flexibility index (Phi) is 5.46. The van der Waals surface area contributed by atoms with E-state index in [9.17, 15) is 4.79 Å². The van der Waals surface area contributed by atoms with Crippen molar-refractivity contribution in [3.05, 3.63) is 46.8 Å². The van der Waals surface area contributed by atoms with Gasteiger partial charge in [0.1, 0.15) is 6.33 Å². The van der Waals surface area contributed by atoms with Gasteiger partial charge >= 0.3 is 5.69 Å². The maximum absolute atomic E-state index is 13.0. The average molecular weight is 435 g/mol. The van der Waals surface area contributed by atoms with Crippen LogP contribution in [0.15, 0.2) is 35.5 Å². The Labute approximate surface area is 186 Å². The summed E-state index contributed by atoms with van der Waals surface area (Å²) in [5.74, 6) is 0.673. The van der Waals surface area contributed by atoms with E-state index in [0.29, 0.717) is 11.4 Å². The third-order valence-electron chi connectivity index (χ3n) is 6.58. The number of methoxy groups -OCH3 is 1. The molecule has 4 aromatic rings. The first-order valence-corrected chi connectivity index (χ1v) is 11.5. The monoisotopic (exact) mass is 434 g/mol. The van der Waals surface area contributed by atoms with E-state index in [1.165, 1.54) is 11.9 Å². The standard InChI is InChI=1S/C24H30N6O2/c1-4-8-28-9-6-7-18(14-28)30-21-10-16(5-2)19(12-20(21)27-24(30)31)17-11-22(32-3)23-25-15-26-29(23)13-17/h10-13,15,18H,4-9,14H2,1-3H3,(H,27,31).